The van der Waals surface area contributed by atoms with Gasteiger partial charge < -0.3 is 10.2 Å². The first-order chi connectivity index (χ1) is 19.3. The minimum atomic E-state index is -4.20. The monoisotopic (exact) mass is 637 g/mol. The highest BCUT2D eigenvalue weighted by atomic mass is 35.5. The molecule has 0 aromatic heterocycles. The molecule has 3 rings (SSSR count). The Kier molecular flexibility index (Phi) is 11.1. The predicted octanol–water partition coefficient (Wildman–Crippen LogP) is 6.79. The van der Waals surface area contributed by atoms with Gasteiger partial charge in [-0.3, -0.25) is 13.9 Å². The topological polar surface area (TPSA) is 86.8 Å². The molecule has 3 aromatic rings. The lowest BCUT2D eigenvalue weighted by molar-refractivity contribution is -0.139. The van der Waals surface area contributed by atoms with E-state index in [-0.39, 0.29) is 29.1 Å². The van der Waals surface area contributed by atoms with E-state index in [0.717, 1.165) is 9.87 Å². The van der Waals surface area contributed by atoms with E-state index in [1.165, 1.54) is 17.0 Å². The number of rotatable bonds is 11. The van der Waals surface area contributed by atoms with Gasteiger partial charge >= 0.3 is 0 Å². The van der Waals surface area contributed by atoms with Gasteiger partial charge in [-0.2, -0.15) is 0 Å². The van der Waals surface area contributed by atoms with Gasteiger partial charge in [-0.25, -0.2) is 8.42 Å². The van der Waals surface area contributed by atoms with Gasteiger partial charge in [0.2, 0.25) is 11.8 Å². The van der Waals surface area contributed by atoms with Crippen LogP contribution in [0.2, 0.25) is 15.1 Å². The Labute approximate surface area is 257 Å². The van der Waals surface area contributed by atoms with Gasteiger partial charge in [-0.15, -0.1) is 0 Å². The Morgan fingerprint density at radius 2 is 1.54 bits per heavy atom. The van der Waals surface area contributed by atoms with Crippen LogP contribution < -0.4 is 9.62 Å². The Morgan fingerprint density at radius 1 is 0.927 bits per heavy atom. The van der Waals surface area contributed by atoms with Gasteiger partial charge in [0.15, 0.2) is 0 Å². The fourth-order valence-corrected chi connectivity index (χ4v) is 6.37. The fraction of sp³-hybridized carbons (Fsp3) is 0.333. The van der Waals surface area contributed by atoms with Crippen molar-refractivity contribution in [3.63, 3.8) is 0 Å². The zero-order valence-corrected chi connectivity index (χ0v) is 26.7. The normalized spacial score (nSPS) is 12.9. The number of nitrogens with zero attached hydrogens (tertiary/aromatic N) is 2. The Morgan fingerprint density at radius 3 is 2.10 bits per heavy atom. The molecule has 2 atom stereocenters. The maximum absolute atomic E-state index is 14.1. The van der Waals surface area contributed by atoms with Crippen molar-refractivity contribution in [3.05, 3.63) is 92.4 Å². The maximum atomic E-state index is 14.1. The minimum Gasteiger partial charge on any atom is -0.352 e. The van der Waals surface area contributed by atoms with Crippen molar-refractivity contribution in [2.45, 2.75) is 64.6 Å². The van der Waals surface area contributed by atoms with Gasteiger partial charge in [0.05, 0.1) is 10.6 Å². The van der Waals surface area contributed by atoms with Gasteiger partial charge in [-0.05, 0) is 82.1 Å². The molecule has 0 saturated heterocycles. The minimum absolute atomic E-state index is 0.0218. The molecule has 0 aliphatic rings. The smallest absolute Gasteiger partial charge is 0.264 e. The molecule has 0 saturated carbocycles. The molecule has 220 valence electrons. The third kappa shape index (κ3) is 7.95. The third-order valence-electron chi connectivity index (χ3n) is 6.87. The van der Waals surface area contributed by atoms with Crippen LogP contribution in [0, 0.1) is 13.8 Å². The molecule has 0 radical (unpaired) electrons. The van der Waals surface area contributed by atoms with Crippen molar-refractivity contribution < 1.29 is 18.0 Å². The second-order valence-electron chi connectivity index (χ2n) is 9.97. The molecule has 41 heavy (non-hydrogen) atoms. The highest BCUT2D eigenvalue weighted by Crippen LogP contribution is 2.31. The van der Waals surface area contributed by atoms with Crippen LogP contribution in [0.15, 0.2) is 65.6 Å². The number of amides is 2. The van der Waals surface area contributed by atoms with Crippen molar-refractivity contribution in [1.29, 1.82) is 0 Å². The number of carbonyl (C=O) groups is 2. The van der Waals surface area contributed by atoms with Crippen LogP contribution >= 0.6 is 34.8 Å². The van der Waals surface area contributed by atoms with Gasteiger partial charge in [-0.1, -0.05) is 65.5 Å². The average Bonchev–Trinajstić information content (AvgIpc) is 2.91. The number of sulfonamides is 1. The van der Waals surface area contributed by atoms with E-state index < -0.39 is 28.5 Å². The van der Waals surface area contributed by atoms with E-state index in [1.54, 1.807) is 62.4 Å². The summed E-state index contributed by atoms with van der Waals surface area (Å²) < 4.78 is 29.0. The summed E-state index contributed by atoms with van der Waals surface area (Å²) in [6, 6.07) is 15.0. The number of hydrogen-bond acceptors (Lipinski definition) is 4. The number of carbonyl (C=O) groups excluding carboxylic acids is 2. The predicted molar refractivity (Wildman–Crippen MR) is 166 cm³/mol. The van der Waals surface area contributed by atoms with Crippen molar-refractivity contribution in [2.24, 2.45) is 0 Å². The summed E-state index contributed by atoms with van der Waals surface area (Å²) in [4.78, 5) is 28.6. The molecule has 2 amide bonds. The van der Waals surface area contributed by atoms with E-state index in [1.807, 2.05) is 20.8 Å². The SMILES string of the molecule is CC[C@@H](C)NC(=O)[C@H](C)N(Cc1c(Cl)cccc1Cl)C(=O)CN(c1ccc(Cl)cc1C)S(=O)(=O)c1ccc(C)cc1. The molecular weight excluding hydrogens is 605 g/mol. The highest BCUT2D eigenvalue weighted by molar-refractivity contribution is 7.92. The first kappa shape index (κ1) is 32.7. The number of anilines is 1. The van der Waals surface area contributed by atoms with E-state index in [2.05, 4.69) is 5.32 Å². The van der Waals surface area contributed by atoms with Crippen molar-refractivity contribution >= 4 is 62.3 Å². The van der Waals surface area contributed by atoms with Crippen molar-refractivity contribution in [1.82, 2.24) is 10.2 Å². The van der Waals surface area contributed by atoms with Crippen LogP contribution in [0.5, 0.6) is 0 Å². The maximum Gasteiger partial charge on any atom is 0.264 e. The molecule has 7 nitrogen and oxygen atoms in total. The van der Waals surface area contributed by atoms with Gasteiger partial charge in [0.1, 0.15) is 12.6 Å². The molecule has 0 fully saturated rings. The van der Waals surface area contributed by atoms with E-state index >= 15 is 0 Å². The molecular formula is C30H34Cl3N3O4S. The van der Waals surface area contributed by atoms with Crippen LogP contribution in [0.3, 0.4) is 0 Å². The van der Waals surface area contributed by atoms with Crippen molar-refractivity contribution in [3.8, 4) is 0 Å². The quantitative estimate of drug-likeness (QED) is 0.251. The molecule has 0 spiro atoms. The zero-order valence-electron chi connectivity index (χ0n) is 23.6. The second kappa shape index (κ2) is 13.9. The van der Waals surface area contributed by atoms with E-state index in [4.69, 9.17) is 34.8 Å². The fourth-order valence-electron chi connectivity index (χ4n) is 4.15. The molecule has 0 aliphatic heterocycles. The zero-order chi connectivity index (χ0) is 30.5. The largest absolute Gasteiger partial charge is 0.352 e. The number of halogens is 3. The Hall–Kier alpha value is -2.78. The summed E-state index contributed by atoms with van der Waals surface area (Å²) in [6.45, 7) is 8.27. The summed E-state index contributed by atoms with van der Waals surface area (Å²) in [7, 11) is -4.20. The molecule has 0 heterocycles. The first-order valence-electron chi connectivity index (χ1n) is 13.1. The van der Waals surface area contributed by atoms with Crippen LogP contribution in [-0.4, -0.2) is 43.8 Å². The summed E-state index contributed by atoms with van der Waals surface area (Å²) in [6.07, 6.45) is 0.696. The number of hydrogen-bond donors (Lipinski definition) is 1. The lowest BCUT2D eigenvalue weighted by Gasteiger charge is -2.33. The summed E-state index contributed by atoms with van der Waals surface area (Å²) in [5.74, 6) is -0.996. The molecule has 1 N–H and O–H groups in total. The van der Waals surface area contributed by atoms with E-state index in [9.17, 15) is 18.0 Å². The second-order valence-corrected chi connectivity index (χ2v) is 13.1. The summed E-state index contributed by atoms with van der Waals surface area (Å²) in [5, 5.41) is 3.97. The molecule has 3 aromatic carbocycles. The standard InChI is InChI=1S/C30H34Cl3N3O4S/c1-6-21(4)34-30(38)22(5)35(17-25-26(32)8-7-9-27(25)33)29(37)18-36(28-15-12-23(31)16-20(28)3)41(39,40)24-13-10-19(2)11-14-24/h7-16,21-22H,6,17-18H2,1-5H3,(H,34,38)/t21-,22+/m1/s1. The van der Waals surface area contributed by atoms with Crippen LogP contribution in [-0.2, 0) is 26.2 Å². The molecule has 0 aliphatic carbocycles. The Balaban J connectivity index is 2.10. The highest BCUT2D eigenvalue weighted by Gasteiger charge is 2.34. The average molecular weight is 639 g/mol. The Bertz CT molecular complexity index is 1490. The van der Waals surface area contributed by atoms with Crippen molar-refractivity contribution in [2.75, 3.05) is 10.8 Å². The summed E-state index contributed by atoms with van der Waals surface area (Å²) in [5.41, 5.74) is 2.18. The lowest BCUT2D eigenvalue weighted by Crippen LogP contribution is -2.52. The number of benzene rings is 3. The summed E-state index contributed by atoms with van der Waals surface area (Å²) >= 11 is 19.0. The molecule has 0 unspecified atom stereocenters. The number of aryl methyl sites for hydroxylation is 2. The first-order valence-corrected chi connectivity index (χ1v) is 15.7. The van der Waals surface area contributed by atoms with Crippen LogP contribution in [0.1, 0.15) is 43.9 Å². The van der Waals surface area contributed by atoms with E-state index in [0.29, 0.717) is 32.6 Å². The molecule has 0 bridgehead atoms. The molecule has 11 heteroatoms. The lowest BCUT2D eigenvalue weighted by atomic mass is 10.1. The van der Waals surface area contributed by atoms with Crippen LogP contribution in [0.4, 0.5) is 5.69 Å². The van der Waals surface area contributed by atoms with Crippen LogP contribution in [0.25, 0.3) is 0 Å². The third-order valence-corrected chi connectivity index (χ3v) is 9.59. The van der Waals surface area contributed by atoms with Gasteiger partial charge in [0.25, 0.3) is 10.0 Å². The van der Waals surface area contributed by atoms with Gasteiger partial charge in [0, 0.05) is 33.2 Å². The number of nitrogens with one attached hydrogen (secondary N) is 1.